The molecule has 158 valence electrons. The largest absolute Gasteiger partial charge is 0.481 e. The van der Waals surface area contributed by atoms with Gasteiger partial charge < -0.3 is 19.0 Å². The fraction of sp³-hybridized carbons (Fsp3) is 0.227. The average molecular weight is 438 g/mol. The maximum absolute atomic E-state index is 13.6. The van der Waals surface area contributed by atoms with Gasteiger partial charge in [-0.2, -0.15) is 10.2 Å². The Bertz CT molecular complexity index is 1110. The molecular weight excluding hydrogens is 419 g/mol. The first kappa shape index (κ1) is 20.6. The minimum absolute atomic E-state index is 0.0536. The van der Waals surface area contributed by atoms with Crippen molar-refractivity contribution in [1.82, 2.24) is 9.88 Å². The van der Waals surface area contributed by atoms with Crippen LogP contribution in [0.15, 0.2) is 46.2 Å². The molecule has 0 unspecified atom stereocenters. The topological polar surface area (TPSA) is 82.6 Å². The molecule has 0 atom stereocenters. The molecule has 3 aromatic rings. The smallest absolute Gasteiger partial charge is 0.260 e. The summed E-state index contributed by atoms with van der Waals surface area (Å²) in [5.74, 6) is 0.0941. The number of hydrogen-bond acceptors (Lipinski definition) is 7. The van der Waals surface area contributed by atoms with Crippen LogP contribution < -0.4 is 9.64 Å². The maximum Gasteiger partial charge on any atom is 0.260 e. The summed E-state index contributed by atoms with van der Waals surface area (Å²) >= 11 is 1.59. The second-order valence-electron chi connectivity index (χ2n) is 6.75. The molecule has 0 N–H and O–H groups in total. The van der Waals surface area contributed by atoms with Gasteiger partial charge in [0.25, 0.3) is 5.91 Å². The van der Waals surface area contributed by atoms with Crippen LogP contribution in [-0.2, 0) is 4.79 Å². The van der Waals surface area contributed by atoms with Crippen LogP contribution in [0.2, 0.25) is 0 Å². The second-order valence-corrected chi connectivity index (χ2v) is 7.73. The van der Waals surface area contributed by atoms with Crippen LogP contribution in [0.3, 0.4) is 0 Å². The summed E-state index contributed by atoms with van der Waals surface area (Å²) in [6.07, 6.45) is 3.61. The number of carbonyl (C=O) groups excluding carboxylic acids is 1. The summed E-state index contributed by atoms with van der Waals surface area (Å²) in [7, 11) is 0. The number of nitrogens with zero attached hydrogens (tertiary/aromatic N) is 4. The van der Waals surface area contributed by atoms with Crippen molar-refractivity contribution < 1.29 is 18.3 Å². The molecule has 9 heteroatoms. The molecule has 2 aromatic heterocycles. The van der Waals surface area contributed by atoms with Crippen molar-refractivity contribution in [3.05, 3.63) is 64.1 Å². The average Bonchev–Trinajstić information content (AvgIpc) is 3.47. The number of ether oxygens (including phenoxy) is 1. The van der Waals surface area contributed by atoms with E-state index in [4.69, 9.17) is 9.15 Å². The molecule has 1 fully saturated rings. The second kappa shape index (κ2) is 9.45. The van der Waals surface area contributed by atoms with Gasteiger partial charge >= 0.3 is 0 Å². The highest BCUT2D eigenvalue weighted by Crippen LogP contribution is 2.25. The van der Waals surface area contributed by atoms with Gasteiger partial charge in [0.1, 0.15) is 6.07 Å². The predicted molar refractivity (Wildman–Crippen MR) is 115 cm³/mol. The minimum Gasteiger partial charge on any atom is -0.481 e. The first-order chi connectivity index (χ1) is 15.1. The fourth-order valence-electron chi connectivity index (χ4n) is 3.18. The van der Waals surface area contributed by atoms with Crippen LogP contribution in [0, 0.1) is 17.1 Å². The highest BCUT2D eigenvalue weighted by molar-refractivity contribution is 7.10. The molecule has 1 saturated heterocycles. The first-order valence-corrected chi connectivity index (χ1v) is 10.5. The molecule has 4 rings (SSSR count). The lowest BCUT2D eigenvalue weighted by atomic mass is 10.3. The van der Waals surface area contributed by atoms with Gasteiger partial charge in [0.2, 0.25) is 17.5 Å². The Labute approximate surface area is 182 Å². The Morgan fingerprint density at radius 2 is 2.03 bits per heavy atom. The summed E-state index contributed by atoms with van der Waals surface area (Å²) in [6, 6.07) is 12.0. The van der Waals surface area contributed by atoms with Crippen LogP contribution in [0.4, 0.5) is 10.3 Å². The number of benzene rings is 1. The summed E-state index contributed by atoms with van der Waals surface area (Å²) in [5.41, 5.74) is 0.216. The zero-order valence-corrected chi connectivity index (χ0v) is 17.3. The summed E-state index contributed by atoms with van der Waals surface area (Å²) in [5, 5.41) is 11.4. The van der Waals surface area contributed by atoms with E-state index in [1.54, 1.807) is 34.4 Å². The number of thiophene rings is 1. The lowest BCUT2D eigenvalue weighted by Gasteiger charge is -2.34. The van der Waals surface area contributed by atoms with Crippen LogP contribution >= 0.6 is 11.3 Å². The van der Waals surface area contributed by atoms with Gasteiger partial charge in [-0.25, -0.2) is 4.39 Å². The molecule has 1 aliphatic heterocycles. The Hall–Kier alpha value is -3.64. The third-order valence-corrected chi connectivity index (χ3v) is 5.61. The Morgan fingerprint density at radius 1 is 1.23 bits per heavy atom. The monoisotopic (exact) mass is 438 g/mol. The highest BCUT2D eigenvalue weighted by atomic mass is 32.1. The fourth-order valence-corrected chi connectivity index (χ4v) is 3.80. The zero-order chi connectivity index (χ0) is 21.6. The van der Waals surface area contributed by atoms with Crippen molar-refractivity contribution in [2.45, 2.75) is 0 Å². The molecule has 0 bridgehead atoms. The number of para-hydroxylation sites is 1. The van der Waals surface area contributed by atoms with Crippen LogP contribution in [0.5, 0.6) is 5.75 Å². The number of oxazole rings is 1. The van der Waals surface area contributed by atoms with Crippen LogP contribution in [0.1, 0.15) is 16.5 Å². The van der Waals surface area contributed by atoms with Gasteiger partial charge in [0.05, 0.1) is 0 Å². The molecule has 0 radical (unpaired) electrons. The van der Waals surface area contributed by atoms with E-state index in [2.05, 4.69) is 11.1 Å². The van der Waals surface area contributed by atoms with Crippen molar-refractivity contribution in [1.29, 1.82) is 5.26 Å². The lowest BCUT2D eigenvalue weighted by Crippen LogP contribution is -2.50. The van der Waals surface area contributed by atoms with Crippen molar-refractivity contribution >= 4 is 35.3 Å². The molecule has 0 aliphatic carbocycles. The number of carbonyl (C=O) groups is 1. The van der Waals surface area contributed by atoms with Gasteiger partial charge in [-0.1, -0.05) is 18.2 Å². The van der Waals surface area contributed by atoms with Gasteiger partial charge in [0.15, 0.2) is 18.2 Å². The van der Waals surface area contributed by atoms with E-state index in [9.17, 15) is 14.4 Å². The van der Waals surface area contributed by atoms with E-state index in [0.717, 1.165) is 4.88 Å². The number of anilines is 1. The summed E-state index contributed by atoms with van der Waals surface area (Å²) in [4.78, 5) is 21.3. The molecule has 1 aliphatic rings. The molecule has 31 heavy (non-hydrogen) atoms. The van der Waals surface area contributed by atoms with Gasteiger partial charge in [-0.3, -0.25) is 4.79 Å². The van der Waals surface area contributed by atoms with E-state index >= 15 is 0 Å². The highest BCUT2D eigenvalue weighted by Gasteiger charge is 2.26. The molecule has 7 nitrogen and oxygen atoms in total. The molecule has 0 saturated carbocycles. The zero-order valence-electron chi connectivity index (χ0n) is 16.5. The quantitative estimate of drug-likeness (QED) is 0.584. The SMILES string of the molecule is N#Cc1nc(/C=C/c2cccs2)oc1N1CCN(C(=O)COc2ccccc2F)CC1. The summed E-state index contributed by atoms with van der Waals surface area (Å²) < 4.78 is 24.7. The standard InChI is InChI=1S/C22H19FN4O3S/c23-17-5-1-2-6-19(17)29-15-21(28)26-9-11-27(12-10-26)22-18(14-24)25-20(30-22)8-7-16-4-3-13-31-16/h1-8,13H,9-12,15H2/b8-7+. The summed E-state index contributed by atoms with van der Waals surface area (Å²) in [6.45, 7) is 1.62. The number of hydrogen-bond donors (Lipinski definition) is 0. The van der Waals surface area contributed by atoms with E-state index in [1.165, 1.54) is 12.1 Å². The van der Waals surface area contributed by atoms with E-state index < -0.39 is 5.82 Å². The molecular formula is C22H19FN4O3S. The number of halogens is 1. The Kier molecular flexibility index (Phi) is 6.29. The van der Waals surface area contributed by atoms with E-state index in [-0.39, 0.29) is 24.0 Å². The number of nitriles is 1. The Balaban J connectivity index is 1.34. The van der Waals surface area contributed by atoms with Crippen molar-refractivity contribution in [2.24, 2.45) is 0 Å². The van der Waals surface area contributed by atoms with Crippen LogP contribution in [-0.4, -0.2) is 48.6 Å². The number of rotatable bonds is 6. The minimum atomic E-state index is -0.501. The number of piperazine rings is 1. The molecule has 1 amide bonds. The normalized spacial score (nSPS) is 14.1. The predicted octanol–water partition coefficient (Wildman–Crippen LogP) is 3.64. The Morgan fingerprint density at radius 3 is 2.74 bits per heavy atom. The van der Waals surface area contributed by atoms with E-state index in [1.807, 2.05) is 28.5 Å². The van der Waals surface area contributed by atoms with E-state index in [0.29, 0.717) is 38.0 Å². The molecule has 1 aromatic carbocycles. The molecule has 3 heterocycles. The van der Waals surface area contributed by atoms with Gasteiger partial charge in [-0.15, -0.1) is 11.3 Å². The van der Waals surface area contributed by atoms with Crippen molar-refractivity contribution in [3.63, 3.8) is 0 Å². The lowest BCUT2D eigenvalue weighted by molar-refractivity contribution is -0.133. The number of aromatic nitrogens is 1. The maximum atomic E-state index is 13.6. The van der Waals surface area contributed by atoms with Gasteiger partial charge in [0, 0.05) is 37.1 Å². The molecule has 0 spiro atoms. The van der Waals surface area contributed by atoms with Gasteiger partial charge in [-0.05, 0) is 29.7 Å². The number of amides is 1. The third-order valence-electron chi connectivity index (χ3n) is 4.77. The third kappa shape index (κ3) is 4.92. The first-order valence-electron chi connectivity index (χ1n) is 9.66. The van der Waals surface area contributed by atoms with Crippen LogP contribution in [0.25, 0.3) is 12.2 Å². The van der Waals surface area contributed by atoms with Crippen molar-refractivity contribution in [3.8, 4) is 11.8 Å². The van der Waals surface area contributed by atoms with Crippen molar-refractivity contribution in [2.75, 3.05) is 37.7 Å².